The molecular weight excluding hydrogens is 597 g/mol. The number of hydrogen-bond donors (Lipinski definition) is 1. The molecule has 234 valence electrons. The Labute approximate surface area is 270 Å². The van der Waals surface area contributed by atoms with Crippen molar-refractivity contribution in [2.45, 2.75) is 57.7 Å². The van der Waals surface area contributed by atoms with Gasteiger partial charge >= 0.3 is 12.1 Å². The van der Waals surface area contributed by atoms with Crippen LogP contribution in [0.15, 0.2) is 66.7 Å². The average Bonchev–Trinajstić information content (AvgIpc) is 3.30. The lowest BCUT2D eigenvalue weighted by atomic mass is 9.98. The summed E-state index contributed by atoms with van der Waals surface area (Å²) in [5.74, 6) is -0.291. The molecule has 3 aromatic rings. The van der Waals surface area contributed by atoms with Gasteiger partial charge in [-0.15, -0.1) is 0 Å². The van der Waals surface area contributed by atoms with Gasteiger partial charge in [0, 0.05) is 57.6 Å². The van der Waals surface area contributed by atoms with Gasteiger partial charge in [-0.05, 0) is 67.1 Å². The van der Waals surface area contributed by atoms with E-state index in [-0.39, 0.29) is 31.0 Å². The van der Waals surface area contributed by atoms with Crippen LogP contribution in [-0.4, -0.2) is 72.8 Å². The molecule has 1 saturated heterocycles. The van der Waals surface area contributed by atoms with Crippen LogP contribution >= 0.6 is 23.2 Å². The minimum atomic E-state index is -0.558. The van der Waals surface area contributed by atoms with E-state index in [2.05, 4.69) is 39.4 Å². The van der Waals surface area contributed by atoms with E-state index < -0.39 is 11.7 Å². The van der Waals surface area contributed by atoms with Crippen molar-refractivity contribution < 1.29 is 19.1 Å². The normalized spacial score (nSPS) is 16.2. The van der Waals surface area contributed by atoms with Crippen molar-refractivity contribution in [3.05, 3.63) is 93.5 Å². The minimum absolute atomic E-state index is 0.0167. The molecule has 9 heteroatoms. The third-order valence-corrected chi connectivity index (χ3v) is 8.86. The Morgan fingerprint density at radius 3 is 2.11 bits per heavy atom. The molecule has 0 saturated carbocycles. The van der Waals surface area contributed by atoms with E-state index in [1.807, 2.05) is 63.2 Å². The first kappa shape index (κ1) is 32.3. The number of benzene rings is 3. The number of ether oxygens (including phenoxy) is 2. The van der Waals surface area contributed by atoms with Gasteiger partial charge < -0.3 is 14.8 Å². The standard InChI is InChI=1S/C35H41Cl2N3O4/c1-35(2,3)44-33(41)15-13-25(22-40-18-16-39(17-19-40)21-24-12-14-31(36)32(37)20-24)38-34(42)43-23-30-28-10-6-4-8-26(28)27-9-5-7-11-29(27)30/h4-12,14,20,25,30H,13,15-19,21-23H2,1-3H3,(H,38,42)/t25-/m1/s1. The molecule has 1 aliphatic heterocycles. The SMILES string of the molecule is CC(C)(C)OC(=O)CC[C@H](CN1CCN(Cc2ccc(Cl)c(Cl)c2)CC1)NC(=O)OCC1c2ccccc2-c2ccccc21. The number of fused-ring (bicyclic) bond motifs is 3. The summed E-state index contributed by atoms with van der Waals surface area (Å²) in [6.45, 7) is 10.7. The fourth-order valence-electron chi connectivity index (χ4n) is 6.04. The summed E-state index contributed by atoms with van der Waals surface area (Å²) in [6, 6.07) is 22.0. The molecule has 0 radical (unpaired) electrons. The highest BCUT2D eigenvalue weighted by Gasteiger charge is 2.30. The molecule has 7 nitrogen and oxygen atoms in total. The first-order chi connectivity index (χ1) is 21.1. The van der Waals surface area contributed by atoms with Gasteiger partial charge in [0.2, 0.25) is 0 Å². The van der Waals surface area contributed by atoms with E-state index in [1.165, 1.54) is 22.3 Å². The molecule has 0 spiro atoms. The van der Waals surface area contributed by atoms with Gasteiger partial charge in [-0.25, -0.2) is 4.79 Å². The molecule has 1 heterocycles. The van der Waals surface area contributed by atoms with Gasteiger partial charge in [-0.3, -0.25) is 14.6 Å². The Hall–Kier alpha value is -3.10. The molecule has 1 aliphatic carbocycles. The number of alkyl carbamates (subject to hydrolysis) is 1. The van der Waals surface area contributed by atoms with E-state index >= 15 is 0 Å². The largest absolute Gasteiger partial charge is 0.460 e. The van der Waals surface area contributed by atoms with Crippen LogP contribution < -0.4 is 5.32 Å². The van der Waals surface area contributed by atoms with E-state index in [9.17, 15) is 9.59 Å². The maximum absolute atomic E-state index is 13.2. The quantitative estimate of drug-likeness (QED) is 0.238. The predicted molar refractivity (Wildman–Crippen MR) is 175 cm³/mol. The number of amides is 1. The summed E-state index contributed by atoms with van der Waals surface area (Å²) >= 11 is 12.3. The van der Waals surface area contributed by atoms with Crippen molar-refractivity contribution in [3.63, 3.8) is 0 Å². The fraction of sp³-hybridized carbons (Fsp3) is 0.429. The van der Waals surface area contributed by atoms with Crippen LogP contribution in [0.2, 0.25) is 10.0 Å². The molecule has 0 bridgehead atoms. The number of rotatable bonds is 10. The molecular formula is C35H41Cl2N3O4. The summed E-state index contributed by atoms with van der Waals surface area (Å²) in [5.41, 5.74) is 5.28. The van der Waals surface area contributed by atoms with Crippen LogP contribution in [0.4, 0.5) is 4.79 Å². The minimum Gasteiger partial charge on any atom is -0.460 e. The third kappa shape index (κ3) is 8.54. The van der Waals surface area contributed by atoms with Crippen LogP contribution in [0.3, 0.4) is 0 Å². The Bertz CT molecular complexity index is 1420. The van der Waals surface area contributed by atoms with E-state index in [4.69, 9.17) is 32.7 Å². The third-order valence-electron chi connectivity index (χ3n) is 8.12. The van der Waals surface area contributed by atoms with Crippen LogP contribution in [0, 0.1) is 0 Å². The topological polar surface area (TPSA) is 71.1 Å². The Balaban J connectivity index is 1.17. The summed E-state index contributed by atoms with van der Waals surface area (Å²) in [5, 5.41) is 4.19. The summed E-state index contributed by atoms with van der Waals surface area (Å²) in [7, 11) is 0. The second-order valence-electron chi connectivity index (χ2n) is 12.6. The first-order valence-electron chi connectivity index (χ1n) is 15.3. The fourth-order valence-corrected chi connectivity index (χ4v) is 6.36. The zero-order valence-corrected chi connectivity index (χ0v) is 27.2. The molecule has 0 aromatic heterocycles. The molecule has 5 rings (SSSR count). The molecule has 2 aliphatic rings. The summed E-state index contributed by atoms with van der Waals surface area (Å²) in [4.78, 5) is 30.4. The Morgan fingerprint density at radius 1 is 0.886 bits per heavy atom. The number of nitrogens with zero attached hydrogens (tertiary/aromatic N) is 2. The Morgan fingerprint density at radius 2 is 1.50 bits per heavy atom. The number of esters is 1. The summed E-state index contributed by atoms with van der Waals surface area (Å²) < 4.78 is 11.4. The second kappa shape index (κ2) is 14.3. The number of halogens is 2. The first-order valence-corrected chi connectivity index (χ1v) is 16.0. The number of carbonyl (C=O) groups excluding carboxylic acids is 2. The van der Waals surface area contributed by atoms with Gasteiger partial charge in [0.15, 0.2) is 0 Å². The van der Waals surface area contributed by atoms with Crippen molar-refractivity contribution in [3.8, 4) is 11.1 Å². The molecule has 44 heavy (non-hydrogen) atoms. The van der Waals surface area contributed by atoms with Crippen LogP contribution in [0.1, 0.15) is 56.2 Å². The zero-order chi connectivity index (χ0) is 31.3. The van der Waals surface area contributed by atoms with Crippen molar-refractivity contribution >= 4 is 35.3 Å². The Kier molecular flexibility index (Phi) is 10.5. The lowest BCUT2D eigenvalue weighted by Gasteiger charge is -2.36. The average molecular weight is 639 g/mol. The van der Waals surface area contributed by atoms with Crippen molar-refractivity contribution in [2.75, 3.05) is 39.3 Å². The van der Waals surface area contributed by atoms with Crippen molar-refractivity contribution in [1.29, 1.82) is 0 Å². The van der Waals surface area contributed by atoms with Crippen LogP contribution in [0.25, 0.3) is 11.1 Å². The maximum atomic E-state index is 13.2. The van der Waals surface area contributed by atoms with Gasteiger partial charge in [-0.2, -0.15) is 0 Å². The highest BCUT2D eigenvalue weighted by Crippen LogP contribution is 2.44. The van der Waals surface area contributed by atoms with E-state index in [1.54, 1.807) is 0 Å². The van der Waals surface area contributed by atoms with Gasteiger partial charge in [0.05, 0.1) is 10.0 Å². The van der Waals surface area contributed by atoms with Crippen LogP contribution in [-0.2, 0) is 20.8 Å². The highest BCUT2D eigenvalue weighted by atomic mass is 35.5. The molecule has 0 unspecified atom stereocenters. The lowest BCUT2D eigenvalue weighted by Crippen LogP contribution is -2.51. The van der Waals surface area contributed by atoms with Gasteiger partial charge in [0.1, 0.15) is 12.2 Å². The van der Waals surface area contributed by atoms with Crippen molar-refractivity contribution in [2.24, 2.45) is 0 Å². The molecule has 1 fully saturated rings. The van der Waals surface area contributed by atoms with Gasteiger partial charge in [-0.1, -0.05) is 77.8 Å². The highest BCUT2D eigenvalue weighted by molar-refractivity contribution is 6.42. The lowest BCUT2D eigenvalue weighted by molar-refractivity contribution is -0.155. The van der Waals surface area contributed by atoms with Gasteiger partial charge in [0.25, 0.3) is 0 Å². The summed E-state index contributed by atoms with van der Waals surface area (Å²) in [6.07, 6.45) is 0.199. The van der Waals surface area contributed by atoms with E-state index in [0.717, 1.165) is 38.3 Å². The number of carbonyl (C=O) groups is 2. The maximum Gasteiger partial charge on any atom is 0.407 e. The van der Waals surface area contributed by atoms with E-state index in [0.29, 0.717) is 23.0 Å². The molecule has 1 atom stereocenters. The molecule has 1 amide bonds. The second-order valence-corrected chi connectivity index (χ2v) is 13.4. The van der Waals surface area contributed by atoms with Crippen molar-refractivity contribution in [1.82, 2.24) is 15.1 Å². The molecule has 3 aromatic carbocycles. The molecule has 1 N–H and O–H groups in total. The monoisotopic (exact) mass is 637 g/mol. The smallest absolute Gasteiger partial charge is 0.407 e. The number of nitrogens with one attached hydrogen (secondary N) is 1. The van der Waals surface area contributed by atoms with Crippen LogP contribution in [0.5, 0.6) is 0 Å². The predicted octanol–water partition coefficient (Wildman–Crippen LogP) is 7.14. The number of hydrogen-bond acceptors (Lipinski definition) is 6. The zero-order valence-electron chi connectivity index (χ0n) is 25.7. The number of piperazine rings is 1.